The molecule has 1 amide bonds. The van der Waals surface area contributed by atoms with Crippen LogP contribution in [0.4, 0.5) is 0 Å². The van der Waals surface area contributed by atoms with Gasteiger partial charge in [-0.2, -0.15) is 0 Å². The summed E-state index contributed by atoms with van der Waals surface area (Å²) in [5, 5.41) is 0. The van der Waals surface area contributed by atoms with E-state index in [2.05, 4.69) is 32.7 Å². The summed E-state index contributed by atoms with van der Waals surface area (Å²) in [5.74, 6) is 0.773. The second-order valence-corrected chi connectivity index (χ2v) is 5.87. The van der Waals surface area contributed by atoms with Gasteiger partial charge in [0.05, 0.1) is 0 Å². The Balaban J connectivity index is 2.74. The number of hydrogen-bond acceptors (Lipinski definition) is 2. The van der Waals surface area contributed by atoms with Crippen molar-refractivity contribution in [3.05, 3.63) is 0 Å². The lowest BCUT2D eigenvalue weighted by molar-refractivity contribution is -0.131. The van der Waals surface area contributed by atoms with E-state index in [-0.39, 0.29) is 11.3 Å². The van der Waals surface area contributed by atoms with Gasteiger partial charge in [0.25, 0.3) is 0 Å². The first-order valence-corrected chi connectivity index (χ1v) is 5.74. The van der Waals surface area contributed by atoms with Crippen LogP contribution >= 0.6 is 0 Å². The van der Waals surface area contributed by atoms with E-state index in [1.165, 1.54) is 0 Å². The fourth-order valence-electron chi connectivity index (χ4n) is 2.63. The second kappa shape index (κ2) is 4.52. The third-order valence-electron chi connectivity index (χ3n) is 2.92. The van der Waals surface area contributed by atoms with Crippen LogP contribution in [0.25, 0.3) is 0 Å². The maximum atomic E-state index is 11.5. The summed E-state index contributed by atoms with van der Waals surface area (Å²) in [5.41, 5.74) is 0.195. The normalized spacial score (nSPS) is 28.3. The molecule has 1 aliphatic heterocycles. The van der Waals surface area contributed by atoms with E-state index in [4.69, 9.17) is 0 Å². The molecule has 0 spiro atoms. The zero-order chi connectivity index (χ0) is 11.6. The minimum absolute atomic E-state index is 0.195. The quantitative estimate of drug-likeness (QED) is 0.606. The van der Waals surface area contributed by atoms with E-state index in [9.17, 15) is 4.79 Å². The van der Waals surface area contributed by atoms with Crippen molar-refractivity contribution in [1.29, 1.82) is 0 Å². The minimum atomic E-state index is 0.195. The Morgan fingerprint density at radius 3 is 2.40 bits per heavy atom. The van der Waals surface area contributed by atoms with Gasteiger partial charge in [-0.1, -0.05) is 20.8 Å². The van der Waals surface area contributed by atoms with Crippen molar-refractivity contribution >= 4 is 5.91 Å². The first-order chi connectivity index (χ1) is 6.80. The van der Waals surface area contributed by atoms with Crippen LogP contribution in [-0.2, 0) is 4.79 Å². The Hall–Kier alpha value is -0.570. The Morgan fingerprint density at radius 2 is 1.87 bits per heavy atom. The SMILES string of the molecule is CC(=O)N1CC(C)CN(C)CC(C)(C)C1. The molecular formula is C12H24N2O. The van der Waals surface area contributed by atoms with Crippen molar-refractivity contribution in [3.63, 3.8) is 0 Å². The number of carbonyl (C=O) groups excluding carboxylic acids is 1. The van der Waals surface area contributed by atoms with Gasteiger partial charge in [0.1, 0.15) is 0 Å². The third kappa shape index (κ3) is 3.82. The van der Waals surface area contributed by atoms with E-state index in [1.54, 1.807) is 6.92 Å². The summed E-state index contributed by atoms with van der Waals surface area (Å²) < 4.78 is 0. The molecule has 3 nitrogen and oxygen atoms in total. The van der Waals surface area contributed by atoms with E-state index < -0.39 is 0 Å². The summed E-state index contributed by atoms with van der Waals surface area (Å²) in [6, 6.07) is 0. The highest BCUT2D eigenvalue weighted by molar-refractivity contribution is 5.73. The van der Waals surface area contributed by atoms with Gasteiger partial charge in [-0.05, 0) is 18.4 Å². The zero-order valence-electron chi connectivity index (χ0n) is 10.7. The third-order valence-corrected chi connectivity index (χ3v) is 2.92. The first kappa shape index (κ1) is 12.5. The van der Waals surface area contributed by atoms with Crippen molar-refractivity contribution in [1.82, 2.24) is 9.80 Å². The van der Waals surface area contributed by atoms with Gasteiger partial charge in [0, 0.05) is 33.1 Å². The Labute approximate surface area is 93.4 Å². The zero-order valence-corrected chi connectivity index (χ0v) is 10.7. The molecule has 1 aliphatic rings. The molecule has 0 aromatic rings. The van der Waals surface area contributed by atoms with Crippen LogP contribution in [-0.4, -0.2) is 48.9 Å². The van der Waals surface area contributed by atoms with Crippen LogP contribution in [0.1, 0.15) is 27.7 Å². The molecule has 1 fully saturated rings. The lowest BCUT2D eigenvalue weighted by atomic mass is 9.90. The highest BCUT2D eigenvalue weighted by Gasteiger charge is 2.28. The predicted molar refractivity (Wildman–Crippen MR) is 62.7 cm³/mol. The maximum Gasteiger partial charge on any atom is 0.219 e. The number of hydrogen-bond donors (Lipinski definition) is 0. The van der Waals surface area contributed by atoms with Crippen LogP contribution in [0, 0.1) is 11.3 Å². The number of rotatable bonds is 0. The molecule has 1 heterocycles. The van der Waals surface area contributed by atoms with Gasteiger partial charge in [0.2, 0.25) is 5.91 Å². The molecule has 0 aromatic carbocycles. The van der Waals surface area contributed by atoms with Crippen LogP contribution in [0.5, 0.6) is 0 Å². The molecule has 1 unspecified atom stereocenters. The average Bonchev–Trinajstić information content (AvgIpc) is 1.97. The van der Waals surface area contributed by atoms with E-state index >= 15 is 0 Å². The highest BCUT2D eigenvalue weighted by atomic mass is 16.2. The number of nitrogens with zero attached hydrogens (tertiary/aromatic N) is 2. The predicted octanol–water partition coefficient (Wildman–Crippen LogP) is 1.44. The fourth-order valence-corrected chi connectivity index (χ4v) is 2.63. The molecule has 0 bridgehead atoms. The molecule has 1 atom stereocenters. The van der Waals surface area contributed by atoms with Gasteiger partial charge in [-0.25, -0.2) is 0 Å². The van der Waals surface area contributed by atoms with E-state index in [0.29, 0.717) is 5.92 Å². The molecule has 0 saturated carbocycles. The average molecular weight is 212 g/mol. The molecule has 3 heteroatoms. The van der Waals surface area contributed by atoms with Crippen molar-refractivity contribution < 1.29 is 4.79 Å². The Bertz CT molecular complexity index is 238. The summed E-state index contributed by atoms with van der Waals surface area (Å²) in [7, 11) is 2.17. The van der Waals surface area contributed by atoms with Gasteiger partial charge >= 0.3 is 0 Å². The second-order valence-electron chi connectivity index (χ2n) is 5.87. The van der Waals surface area contributed by atoms with E-state index in [0.717, 1.165) is 26.2 Å². The highest BCUT2D eigenvalue weighted by Crippen LogP contribution is 2.22. The van der Waals surface area contributed by atoms with Crippen LogP contribution < -0.4 is 0 Å². The largest absolute Gasteiger partial charge is 0.342 e. The van der Waals surface area contributed by atoms with Crippen molar-refractivity contribution in [2.45, 2.75) is 27.7 Å². The van der Waals surface area contributed by atoms with Crippen LogP contribution in [0.3, 0.4) is 0 Å². The molecule has 15 heavy (non-hydrogen) atoms. The summed E-state index contributed by atoms with van der Waals surface area (Å²) in [6.45, 7) is 12.2. The minimum Gasteiger partial charge on any atom is -0.342 e. The number of carbonyl (C=O) groups is 1. The topological polar surface area (TPSA) is 23.6 Å². The first-order valence-electron chi connectivity index (χ1n) is 5.74. The summed E-state index contributed by atoms with van der Waals surface area (Å²) >= 11 is 0. The smallest absolute Gasteiger partial charge is 0.219 e. The van der Waals surface area contributed by atoms with Crippen molar-refractivity contribution in [3.8, 4) is 0 Å². The van der Waals surface area contributed by atoms with Gasteiger partial charge in [-0.3, -0.25) is 4.79 Å². The molecule has 1 saturated heterocycles. The van der Waals surface area contributed by atoms with Crippen molar-refractivity contribution in [2.24, 2.45) is 11.3 Å². The lowest BCUT2D eigenvalue weighted by Gasteiger charge is -2.40. The van der Waals surface area contributed by atoms with E-state index in [1.807, 2.05) is 4.90 Å². The molecule has 0 aliphatic carbocycles. The summed E-state index contributed by atoms with van der Waals surface area (Å²) in [4.78, 5) is 15.9. The fraction of sp³-hybridized carbons (Fsp3) is 0.917. The molecule has 0 radical (unpaired) electrons. The molecule has 1 rings (SSSR count). The summed E-state index contributed by atoms with van der Waals surface area (Å²) in [6.07, 6.45) is 0. The van der Waals surface area contributed by atoms with Crippen LogP contribution in [0.2, 0.25) is 0 Å². The van der Waals surface area contributed by atoms with Gasteiger partial charge < -0.3 is 9.80 Å². The van der Waals surface area contributed by atoms with Gasteiger partial charge in [0.15, 0.2) is 0 Å². The number of amides is 1. The molecule has 88 valence electrons. The van der Waals surface area contributed by atoms with Crippen molar-refractivity contribution in [2.75, 3.05) is 33.2 Å². The Morgan fingerprint density at radius 1 is 1.27 bits per heavy atom. The lowest BCUT2D eigenvalue weighted by Crippen LogP contribution is -2.49. The van der Waals surface area contributed by atoms with Crippen LogP contribution in [0.15, 0.2) is 0 Å². The van der Waals surface area contributed by atoms with Gasteiger partial charge in [-0.15, -0.1) is 0 Å². The molecule has 0 aromatic heterocycles. The Kier molecular flexibility index (Phi) is 3.77. The molecular weight excluding hydrogens is 188 g/mol. The standard InChI is InChI=1S/C12H24N2O/c1-10-6-13(5)8-12(3,4)9-14(7-10)11(2)15/h10H,6-9H2,1-5H3. The molecule has 0 N–H and O–H groups in total. The monoisotopic (exact) mass is 212 g/mol. The maximum absolute atomic E-state index is 11.5.